The van der Waals surface area contributed by atoms with Crippen molar-refractivity contribution in [3.05, 3.63) is 60.8 Å². The van der Waals surface area contributed by atoms with Gasteiger partial charge in [-0.1, -0.05) is 146 Å². The molecule has 1 unspecified atom stereocenters. The van der Waals surface area contributed by atoms with Crippen molar-refractivity contribution in [1.29, 1.82) is 0 Å². The molecular weight excluding hydrogens is 596 g/mol. The number of hydrogen-bond donors (Lipinski definition) is 0. The van der Waals surface area contributed by atoms with Gasteiger partial charge in [-0.2, -0.15) is 0 Å². The van der Waals surface area contributed by atoms with Gasteiger partial charge in [0.25, 0.3) is 0 Å². The standard InChI is InChI=1S/C43H74O5/c1-4-7-10-13-15-17-19-21-23-25-27-29-32-35-38-46-39-41(48-43(45)37-34-30-12-9-6-3)40-47-42(44)36-33-31-28-26-24-22-20-18-16-14-11-8-5-2/h7,10,15,17-18,20-21,23,27,29,41H,4-6,8-9,11-14,16,19,22,24-26,28,30-40H2,1-3H3/b10-7-,17-15-,20-18-,23-21-,29-27-. The topological polar surface area (TPSA) is 61.8 Å². The van der Waals surface area contributed by atoms with E-state index in [0.717, 1.165) is 83.5 Å². The van der Waals surface area contributed by atoms with E-state index in [9.17, 15) is 9.59 Å². The highest BCUT2D eigenvalue weighted by atomic mass is 16.6. The Morgan fingerprint density at radius 1 is 0.479 bits per heavy atom. The van der Waals surface area contributed by atoms with Crippen LogP contribution in [0.5, 0.6) is 0 Å². The highest BCUT2D eigenvalue weighted by Crippen LogP contribution is 2.11. The van der Waals surface area contributed by atoms with Gasteiger partial charge in [0.15, 0.2) is 6.10 Å². The molecule has 0 spiro atoms. The summed E-state index contributed by atoms with van der Waals surface area (Å²) in [7, 11) is 0. The van der Waals surface area contributed by atoms with Gasteiger partial charge >= 0.3 is 11.9 Å². The van der Waals surface area contributed by atoms with Crippen LogP contribution in [-0.2, 0) is 23.8 Å². The van der Waals surface area contributed by atoms with Crippen LogP contribution >= 0.6 is 0 Å². The number of allylic oxidation sites excluding steroid dienone is 10. The molecule has 1 atom stereocenters. The zero-order valence-corrected chi connectivity index (χ0v) is 31.5. The molecule has 0 heterocycles. The van der Waals surface area contributed by atoms with Crippen LogP contribution in [0.2, 0.25) is 0 Å². The highest BCUT2D eigenvalue weighted by molar-refractivity contribution is 5.70. The second kappa shape index (κ2) is 39.0. The molecule has 0 aliphatic carbocycles. The van der Waals surface area contributed by atoms with Crippen LogP contribution in [0.1, 0.15) is 175 Å². The van der Waals surface area contributed by atoms with Crippen LogP contribution in [0.4, 0.5) is 0 Å². The van der Waals surface area contributed by atoms with Crippen LogP contribution < -0.4 is 0 Å². The van der Waals surface area contributed by atoms with Gasteiger partial charge in [0, 0.05) is 19.4 Å². The monoisotopic (exact) mass is 671 g/mol. The van der Waals surface area contributed by atoms with Crippen LogP contribution in [0.3, 0.4) is 0 Å². The third kappa shape index (κ3) is 36.4. The van der Waals surface area contributed by atoms with E-state index < -0.39 is 6.10 Å². The molecule has 0 aromatic rings. The minimum absolute atomic E-state index is 0.0576. The molecule has 48 heavy (non-hydrogen) atoms. The lowest BCUT2D eigenvalue weighted by molar-refractivity contribution is -0.163. The van der Waals surface area contributed by atoms with E-state index in [1.165, 1.54) is 57.8 Å². The van der Waals surface area contributed by atoms with Gasteiger partial charge < -0.3 is 14.2 Å². The van der Waals surface area contributed by atoms with Crippen molar-refractivity contribution in [3.63, 3.8) is 0 Å². The largest absolute Gasteiger partial charge is 0.462 e. The first-order chi connectivity index (χ1) is 23.6. The van der Waals surface area contributed by atoms with Gasteiger partial charge in [-0.3, -0.25) is 9.59 Å². The Hall–Kier alpha value is -2.40. The predicted molar refractivity (Wildman–Crippen MR) is 205 cm³/mol. The molecule has 0 fully saturated rings. The smallest absolute Gasteiger partial charge is 0.306 e. The van der Waals surface area contributed by atoms with E-state index in [0.29, 0.717) is 19.4 Å². The molecule has 0 amide bonds. The molecule has 0 bridgehead atoms. The lowest BCUT2D eigenvalue weighted by Gasteiger charge is -2.18. The van der Waals surface area contributed by atoms with E-state index in [2.05, 4.69) is 81.5 Å². The van der Waals surface area contributed by atoms with Gasteiger partial charge in [0.05, 0.1) is 6.61 Å². The molecule has 0 aliphatic heterocycles. The van der Waals surface area contributed by atoms with Gasteiger partial charge in [-0.25, -0.2) is 0 Å². The second-order valence-electron chi connectivity index (χ2n) is 12.8. The van der Waals surface area contributed by atoms with E-state index >= 15 is 0 Å². The minimum Gasteiger partial charge on any atom is -0.462 e. The summed E-state index contributed by atoms with van der Waals surface area (Å²) in [6.45, 7) is 7.46. The summed E-state index contributed by atoms with van der Waals surface area (Å²) in [6.07, 6.45) is 46.8. The Balaban J connectivity index is 4.22. The van der Waals surface area contributed by atoms with Crippen LogP contribution in [0.25, 0.3) is 0 Å². The number of ether oxygens (including phenoxy) is 3. The van der Waals surface area contributed by atoms with Crippen LogP contribution in [0, 0.1) is 0 Å². The average molecular weight is 671 g/mol. The van der Waals surface area contributed by atoms with Crippen molar-refractivity contribution in [2.75, 3.05) is 19.8 Å². The van der Waals surface area contributed by atoms with Crippen molar-refractivity contribution in [2.24, 2.45) is 0 Å². The first kappa shape index (κ1) is 45.6. The van der Waals surface area contributed by atoms with Crippen molar-refractivity contribution >= 4 is 11.9 Å². The fraction of sp³-hybridized carbons (Fsp3) is 0.721. The molecule has 0 saturated carbocycles. The minimum atomic E-state index is -0.561. The maximum atomic E-state index is 12.5. The third-order valence-electron chi connectivity index (χ3n) is 8.04. The van der Waals surface area contributed by atoms with Crippen molar-refractivity contribution in [2.45, 2.75) is 181 Å². The molecule has 0 radical (unpaired) electrons. The number of hydrogen-bond acceptors (Lipinski definition) is 5. The Labute approximate surface area is 296 Å². The molecule has 0 rings (SSSR count). The first-order valence-corrected chi connectivity index (χ1v) is 19.8. The Morgan fingerprint density at radius 2 is 0.938 bits per heavy atom. The summed E-state index contributed by atoms with van der Waals surface area (Å²) in [5.74, 6) is -0.455. The van der Waals surface area contributed by atoms with Crippen molar-refractivity contribution in [3.8, 4) is 0 Å². The van der Waals surface area contributed by atoms with Crippen molar-refractivity contribution in [1.82, 2.24) is 0 Å². The number of unbranched alkanes of at least 4 members (excludes halogenated alkanes) is 14. The third-order valence-corrected chi connectivity index (χ3v) is 8.04. The van der Waals surface area contributed by atoms with Crippen molar-refractivity contribution < 1.29 is 23.8 Å². The maximum Gasteiger partial charge on any atom is 0.306 e. The Morgan fingerprint density at radius 3 is 1.54 bits per heavy atom. The van der Waals surface area contributed by atoms with Gasteiger partial charge in [0.2, 0.25) is 0 Å². The number of rotatable bonds is 35. The fourth-order valence-corrected chi connectivity index (χ4v) is 5.09. The summed E-state index contributed by atoms with van der Waals surface area (Å²) >= 11 is 0. The Bertz CT molecular complexity index is 853. The number of carbonyl (C=O) groups is 2. The van der Waals surface area contributed by atoms with Crippen LogP contribution in [0.15, 0.2) is 60.8 Å². The predicted octanol–water partition coefficient (Wildman–Crippen LogP) is 12.7. The summed E-state index contributed by atoms with van der Waals surface area (Å²) in [4.78, 5) is 24.9. The quantitative estimate of drug-likeness (QED) is 0.0381. The fourth-order valence-electron chi connectivity index (χ4n) is 5.09. The molecule has 276 valence electrons. The van der Waals surface area contributed by atoms with E-state index in [1.54, 1.807) is 0 Å². The molecular formula is C43H74O5. The second-order valence-corrected chi connectivity index (χ2v) is 12.8. The highest BCUT2D eigenvalue weighted by Gasteiger charge is 2.17. The lowest BCUT2D eigenvalue weighted by Crippen LogP contribution is -2.30. The van der Waals surface area contributed by atoms with Gasteiger partial charge in [-0.05, 0) is 77.0 Å². The van der Waals surface area contributed by atoms with Crippen LogP contribution in [-0.4, -0.2) is 37.9 Å². The van der Waals surface area contributed by atoms with E-state index in [4.69, 9.17) is 14.2 Å². The zero-order valence-electron chi connectivity index (χ0n) is 31.5. The Kier molecular flexibility index (Phi) is 37.1. The summed E-state index contributed by atoms with van der Waals surface area (Å²) < 4.78 is 17.0. The molecule has 0 aliphatic rings. The molecule has 0 aromatic carbocycles. The molecule has 0 N–H and O–H groups in total. The first-order valence-electron chi connectivity index (χ1n) is 19.8. The zero-order chi connectivity index (χ0) is 35.0. The van der Waals surface area contributed by atoms with E-state index in [1.807, 2.05) is 0 Å². The van der Waals surface area contributed by atoms with E-state index in [-0.39, 0.29) is 25.2 Å². The number of esters is 2. The summed E-state index contributed by atoms with van der Waals surface area (Å²) in [6, 6.07) is 0. The average Bonchev–Trinajstić information content (AvgIpc) is 3.08. The lowest BCUT2D eigenvalue weighted by atomic mass is 10.1. The number of carbonyl (C=O) groups excluding carboxylic acids is 2. The normalized spacial score (nSPS) is 12.8. The summed E-state index contributed by atoms with van der Waals surface area (Å²) in [5.41, 5.74) is 0. The molecule has 5 nitrogen and oxygen atoms in total. The molecule has 0 saturated heterocycles. The van der Waals surface area contributed by atoms with Gasteiger partial charge in [0.1, 0.15) is 6.61 Å². The molecule has 5 heteroatoms. The SMILES string of the molecule is CC/C=C\C/C=C\C/C=C\C/C=C\CCCOCC(COC(=O)CCCCCCC/C=C\CCCCCC)OC(=O)CCCCCCC. The molecule has 0 aromatic heterocycles. The summed E-state index contributed by atoms with van der Waals surface area (Å²) in [5, 5.41) is 0. The maximum absolute atomic E-state index is 12.5. The van der Waals surface area contributed by atoms with Gasteiger partial charge in [-0.15, -0.1) is 0 Å².